The van der Waals surface area contributed by atoms with Crippen molar-refractivity contribution in [2.45, 2.75) is 12.5 Å². The van der Waals surface area contributed by atoms with Gasteiger partial charge in [0, 0.05) is 68.7 Å². The molecule has 4 rings (SSSR count). The van der Waals surface area contributed by atoms with Gasteiger partial charge in [-0.15, -0.1) is 24.8 Å². The molecule has 3 aromatic rings. The van der Waals surface area contributed by atoms with Crippen LogP contribution in [0.2, 0.25) is 0 Å². The summed E-state index contributed by atoms with van der Waals surface area (Å²) in [4.78, 5) is 21.5. The second-order valence-corrected chi connectivity index (χ2v) is 6.72. The third kappa shape index (κ3) is 5.54. The van der Waals surface area contributed by atoms with Crippen molar-refractivity contribution >= 4 is 30.5 Å². The average Bonchev–Trinajstić information content (AvgIpc) is 3.22. The van der Waals surface area contributed by atoms with E-state index in [1.54, 1.807) is 24.5 Å². The number of nitro groups is 1. The second kappa shape index (κ2) is 11.0. The number of halogens is 2. The van der Waals surface area contributed by atoms with Crippen LogP contribution in [0.15, 0.2) is 59.4 Å². The Hall–Kier alpha value is -2.52. The van der Waals surface area contributed by atoms with Crippen LogP contribution in [-0.4, -0.2) is 46.0 Å². The highest BCUT2D eigenvalue weighted by Gasteiger charge is 2.24. The smallest absolute Gasteiger partial charge is 0.270 e. The summed E-state index contributed by atoms with van der Waals surface area (Å²) < 4.78 is 5.85. The predicted octanol–water partition coefficient (Wildman–Crippen LogP) is 3.68. The molecule has 1 saturated heterocycles. The molecule has 1 fully saturated rings. The first-order chi connectivity index (χ1) is 13.7. The summed E-state index contributed by atoms with van der Waals surface area (Å²) >= 11 is 0. The number of nitro benzene ring substituents is 1. The monoisotopic (exact) mass is 451 g/mol. The summed E-state index contributed by atoms with van der Waals surface area (Å²) in [7, 11) is 0. The molecule has 160 valence electrons. The van der Waals surface area contributed by atoms with Crippen molar-refractivity contribution in [1.29, 1.82) is 0 Å². The third-order valence-electron chi connectivity index (χ3n) is 4.93. The molecular weight excluding hydrogens is 429 g/mol. The van der Waals surface area contributed by atoms with Gasteiger partial charge in [0.05, 0.1) is 11.1 Å². The van der Waals surface area contributed by atoms with Crippen molar-refractivity contribution in [1.82, 2.24) is 20.2 Å². The van der Waals surface area contributed by atoms with Crippen LogP contribution in [-0.2, 0) is 6.42 Å². The molecule has 3 heterocycles. The lowest BCUT2D eigenvalue weighted by Gasteiger charge is -2.36. The van der Waals surface area contributed by atoms with Gasteiger partial charge >= 0.3 is 0 Å². The summed E-state index contributed by atoms with van der Waals surface area (Å²) in [5, 5.41) is 14.4. The Labute approximate surface area is 186 Å². The molecule has 1 aliphatic heterocycles. The lowest BCUT2D eigenvalue weighted by Crippen LogP contribution is -2.46. The number of benzene rings is 1. The first kappa shape index (κ1) is 23.8. The number of oxazole rings is 1. The zero-order valence-corrected chi connectivity index (χ0v) is 17.8. The summed E-state index contributed by atoms with van der Waals surface area (Å²) in [6.45, 7) is 3.59. The van der Waals surface area contributed by atoms with Gasteiger partial charge in [-0.1, -0.05) is 18.2 Å². The fourth-order valence-electron chi connectivity index (χ4n) is 3.49. The lowest BCUT2D eigenvalue weighted by atomic mass is 10.1. The molecule has 0 radical (unpaired) electrons. The van der Waals surface area contributed by atoms with Gasteiger partial charge in [0.15, 0.2) is 11.7 Å². The SMILES string of the molecule is Cl.Cl.O=[N+]([O-])c1cccc(-c2cnc(CCN3CCNCC3c3cccnc3)o2)c1. The number of nitrogens with one attached hydrogen (secondary N) is 1. The van der Waals surface area contributed by atoms with E-state index in [1.807, 2.05) is 12.3 Å². The molecule has 0 bridgehead atoms. The van der Waals surface area contributed by atoms with E-state index < -0.39 is 4.92 Å². The minimum atomic E-state index is -0.413. The molecule has 0 amide bonds. The van der Waals surface area contributed by atoms with Crippen molar-refractivity contribution in [3.8, 4) is 11.3 Å². The van der Waals surface area contributed by atoms with Gasteiger partial charge in [0.1, 0.15) is 0 Å². The van der Waals surface area contributed by atoms with Crippen LogP contribution in [0.3, 0.4) is 0 Å². The van der Waals surface area contributed by atoms with E-state index in [-0.39, 0.29) is 36.5 Å². The van der Waals surface area contributed by atoms with E-state index in [9.17, 15) is 10.1 Å². The van der Waals surface area contributed by atoms with Gasteiger partial charge in [0.2, 0.25) is 0 Å². The zero-order valence-electron chi connectivity index (χ0n) is 16.1. The number of aromatic nitrogens is 2. The predicted molar refractivity (Wildman–Crippen MR) is 118 cm³/mol. The Morgan fingerprint density at radius 3 is 2.87 bits per heavy atom. The van der Waals surface area contributed by atoms with Crippen LogP contribution in [0.4, 0.5) is 5.69 Å². The number of nitrogens with zero attached hydrogens (tertiary/aromatic N) is 4. The summed E-state index contributed by atoms with van der Waals surface area (Å²) in [5.74, 6) is 1.17. The van der Waals surface area contributed by atoms with Crippen molar-refractivity contribution in [2.24, 2.45) is 0 Å². The van der Waals surface area contributed by atoms with Gasteiger partial charge in [-0.3, -0.25) is 20.0 Å². The van der Waals surface area contributed by atoms with E-state index in [0.717, 1.165) is 26.2 Å². The van der Waals surface area contributed by atoms with Crippen LogP contribution >= 0.6 is 24.8 Å². The number of pyridine rings is 1. The van der Waals surface area contributed by atoms with Crippen LogP contribution < -0.4 is 5.32 Å². The highest BCUT2D eigenvalue weighted by atomic mass is 35.5. The Morgan fingerprint density at radius 1 is 1.23 bits per heavy atom. The minimum absolute atomic E-state index is 0. The van der Waals surface area contributed by atoms with Crippen molar-refractivity contribution in [2.75, 3.05) is 26.2 Å². The number of piperazine rings is 1. The molecule has 1 unspecified atom stereocenters. The van der Waals surface area contributed by atoms with E-state index in [2.05, 4.69) is 26.3 Å². The maximum atomic E-state index is 11.0. The molecule has 1 N–H and O–H groups in total. The third-order valence-corrected chi connectivity index (χ3v) is 4.93. The maximum Gasteiger partial charge on any atom is 0.270 e. The van der Waals surface area contributed by atoms with Gasteiger partial charge in [-0.2, -0.15) is 0 Å². The van der Waals surface area contributed by atoms with Gasteiger partial charge in [-0.25, -0.2) is 4.98 Å². The normalized spacial score (nSPS) is 16.3. The van der Waals surface area contributed by atoms with Crippen LogP contribution in [0.1, 0.15) is 17.5 Å². The van der Waals surface area contributed by atoms with E-state index >= 15 is 0 Å². The highest BCUT2D eigenvalue weighted by molar-refractivity contribution is 5.85. The molecule has 0 aliphatic carbocycles. The standard InChI is InChI=1S/C20H21N5O3.2ClH/c26-25(27)17-5-1-3-15(11-17)19-14-23-20(28-19)6-9-24-10-8-22-13-18(24)16-4-2-7-21-12-16;;/h1-5,7,11-12,14,18,22H,6,8-10,13H2;2*1H. The van der Waals surface area contributed by atoms with Gasteiger partial charge in [-0.05, 0) is 11.6 Å². The minimum Gasteiger partial charge on any atom is -0.441 e. The maximum absolute atomic E-state index is 11.0. The molecule has 1 aromatic carbocycles. The van der Waals surface area contributed by atoms with E-state index in [1.165, 1.54) is 17.7 Å². The quantitative estimate of drug-likeness (QED) is 0.450. The number of hydrogen-bond acceptors (Lipinski definition) is 7. The summed E-state index contributed by atoms with van der Waals surface area (Å²) in [6.07, 6.45) is 6.00. The lowest BCUT2D eigenvalue weighted by molar-refractivity contribution is -0.384. The Balaban J connectivity index is 0.00000160. The molecule has 1 atom stereocenters. The summed E-state index contributed by atoms with van der Waals surface area (Å²) in [5.41, 5.74) is 1.89. The van der Waals surface area contributed by atoms with Gasteiger partial charge in [0.25, 0.3) is 5.69 Å². The molecular formula is C20H23Cl2N5O3. The molecule has 2 aromatic heterocycles. The second-order valence-electron chi connectivity index (χ2n) is 6.72. The Morgan fingerprint density at radius 2 is 2.10 bits per heavy atom. The fraction of sp³-hybridized carbons (Fsp3) is 0.300. The molecule has 10 heteroatoms. The largest absolute Gasteiger partial charge is 0.441 e. The number of hydrogen-bond donors (Lipinski definition) is 1. The topological polar surface area (TPSA) is 97.3 Å². The first-order valence-corrected chi connectivity index (χ1v) is 9.25. The van der Waals surface area contributed by atoms with Gasteiger partial charge < -0.3 is 9.73 Å². The fourth-order valence-corrected chi connectivity index (χ4v) is 3.49. The van der Waals surface area contributed by atoms with Crippen LogP contribution in [0, 0.1) is 10.1 Å². The molecule has 8 nitrogen and oxygen atoms in total. The van der Waals surface area contributed by atoms with E-state index in [0.29, 0.717) is 23.6 Å². The van der Waals surface area contributed by atoms with E-state index in [4.69, 9.17) is 4.42 Å². The molecule has 0 saturated carbocycles. The molecule has 1 aliphatic rings. The van der Waals surface area contributed by atoms with Crippen molar-refractivity contribution in [3.05, 3.63) is 76.6 Å². The number of rotatable bonds is 6. The Bertz CT molecular complexity index is 954. The first-order valence-electron chi connectivity index (χ1n) is 9.25. The Kier molecular flexibility index (Phi) is 8.73. The summed E-state index contributed by atoms with van der Waals surface area (Å²) in [6, 6.07) is 10.7. The zero-order chi connectivity index (χ0) is 19.3. The number of non-ortho nitro benzene ring substituents is 1. The van der Waals surface area contributed by atoms with Crippen LogP contribution in [0.5, 0.6) is 0 Å². The van der Waals surface area contributed by atoms with Crippen molar-refractivity contribution in [3.63, 3.8) is 0 Å². The molecule has 0 spiro atoms. The average molecular weight is 452 g/mol. The van der Waals surface area contributed by atoms with Crippen LogP contribution in [0.25, 0.3) is 11.3 Å². The highest BCUT2D eigenvalue weighted by Crippen LogP contribution is 2.25. The van der Waals surface area contributed by atoms with Crippen molar-refractivity contribution < 1.29 is 9.34 Å². The molecule has 30 heavy (non-hydrogen) atoms.